The first-order valence-electron chi connectivity index (χ1n) is 10.7. The lowest BCUT2D eigenvalue weighted by molar-refractivity contribution is 0.0950. The minimum Gasteiger partial charge on any atom is -0.378 e. The van der Waals surface area contributed by atoms with Gasteiger partial charge in [-0.15, -0.1) is 0 Å². The minimum atomic E-state index is -0.0652. The number of hydrogen-bond acceptors (Lipinski definition) is 4. The fraction of sp³-hybridized carbons (Fsp3) is 0.333. The van der Waals surface area contributed by atoms with Crippen molar-refractivity contribution >= 4 is 11.6 Å². The summed E-state index contributed by atoms with van der Waals surface area (Å²) in [6, 6.07) is 18.0. The summed E-state index contributed by atoms with van der Waals surface area (Å²) in [7, 11) is 0. The highest BCUT2D eigenvalue weighted by molar-refractivity contribution is 5.94. The minimum absolute atomic E-state index is 0.0652. The van der Waals surface area contributed by atoms with E-state index in [1.54, 1.807) is 0 Å². The highest BCUT2D eigenvalue weighted by Crippen LogP contribution is 2.27. The highest BCUT2D eigenvalue weighted by Gasteiger charge is 2.23. The Labute approximate surface area is 176 Å². The van der Waals surface area contributed by atoms with Crippen molar-refractivity contribution in [3.8, 4) is 5.69 Å². The van der Waals surface area contributed by atoms with Crippen molar-refractivity contribution in [3.63, 3.8) is 0 Å². The van der Waals surface area contributed by atoms with Crippen LogP contribution in [0.15, 0.2) is 54.6 Å². The third-order valence-corrected chi connectivity index (χ3v) is 5.94. The van der Waals surface area contributed by atoms with Crippen LogP contribution >= 0.6 is 0 Å². The summed E-state index contributed by atoms with van der Waals surface area (Å²) in [5, 5.41) is 7.89. The van der Waals surface area contributed by atoms with Gasteiger partial charge in [0.2, 0.25) is 0 Å². The molecule has 0 unspecified atom stereocenters. The molecular weight excluding hydrogens is 376 g/mol. The predicted octanol–water partition coefficient (Wildman–Crippen LogP) is 3.13. The lowest BCUT2D eigenvalue weighted by atomic mass is 10.1. The number of carbonyl (C=O) groups excluding carboxylic acids is 1. The maximum atomic E-state index is 12.7. The number of ether oxygens (including phenoxy) is 1. The Morgan fingerprint density at radius 2 is 1.73 bits per heavy atom. The van der Waals surface area contributed by atoms with E-state index in [-0.39, 0.29) is 5.91 Å². The molecular formula is C24H26N4O2. The van der Waals surface area contributed by atoms with Crippen LogP contribution in [0.2, 0.25) is 0 Å². The lowest BCUT2D eigenvalue weighted by Crippen LogP contribution is -2.36. The zero-order valence-corrected chi connectivity index (χ0v) is 17.0. The third-order valence-electron chi connectivity index (χ3n) is 5.94. The summed E-state index contributed by atoms with van der Waals surface area (Å²) >= 11 is 0. The monoisotopic (exact) mass is 402 g/mol. The number of carbonyl (C=O) groups is 1. The van der Waals surface area contributed by atoms with Gasteiger partial charge in [0.25, 0.3) is 5.91 Å². The SMILES string of the molecule is O=C(NCc1nn(-c2ccccc2)c2c1CCC2)c1ccc(N2CCOCC2)cc1. The van der Waals surface area contributed by atoms with Gasteiger partial charge in [-0.3, -0.25) is 4.79 Å². The molecule has 1 amide bonds. The number of aromatic nitrogens is 2. The maximum Gasteiger partial charge on any atom is 0.251 e. The molecule has 1 saturated heterocycles. The second kappa shape index (κ2) is 8.32. The summed E-state index contributed by atoms with van der Waals surface area (Å²) < 4.78 is 7.45. The molecule has 154 valence electrons. The normalized spacial score (nSPS) is 15.8. The second-order valence-corrected chi connectivity index (χ2v) is 7.80. The van der Waals surface area contributed by atoms with Crippen molar-refractivity contribution in [2.45, 2.75) is 25.8 Å². The molecule has 0 radical (unpaired) electrons. The van der Waals surface area contributed by atoms with Gasteiger partial charge >= 0.3 is 0 Å². The lowest BCUT2D eigenvalue weighted by Gasteiger charge is -2.28. The molecule has 0 spiro atoms. The van der Waals surface area contributed by atoms with Crippen LogP contribution in [-0.4, -0.2) is 42.0 Å². The zero-order chi connectivity index (χ0) is 20.3. The molecule has 30 heavy (non-hydrogen) atoms. The van der Waals surface area contributed by atoms with E-state index < -0.39 is 0 Å². The Bertz CT molecular complexity index is 1020. The van der Waals surface area contributed by atoms with Gasteiger partial charge < -0.3 is 15.0 Å². The van der Waals surface area contributed by atoms with E-state index in [1.165, 1.54) is 11.3 Å². The van der Waals surface area contributed by atoms with Crippen molar-refractivity contribution < 1.29 is 9.53 Å². The molecule has 0 atom stereocenters. The van der Waals surface area contributed by atoms with Gasteiger partial charge in [0.15, 0.2) is 0 Å². The molecule has 2 aromatic carbocycles. The van der Waals surface area contributed by atoms with E-state index in [0.29, 0.717) is 12.1 Å². The fourth-order valence-electron chi connectivity index (χ4n) is 4.35. The largest absolute Gasteiger partial charge is 0.378 e. The number of morpholine rings is 1. The number of nitrogens with zero attached hydrogens (tertiary/aromatic N) is 3. The average molecular weight is 402 g/mol. The van der Waals surface area contributed by atoms with E-state index in [1.807, 2.05) is 47.1 Å². The maximum absolute atomic E-state index is 12.7. The van der Waals surface area contributed by atoms with Crippen LogP contribution in [0.5, 0.6) is 0 Å². The van der Waals surface area contributed by atoms with Crippen LogP contribution in [0, 0.1) is 0 Å². The summed E-state index contributed by atoms with van der Waals surface area (Å²) in [6.07, 6.45) is 3.21. The number of nitrogens with one attached hydrogen (secondary N) is 1. The summed E-state index contributed by atoms with van der Waals surface area (Å²) in [4.78, 5) is 15.0. The molecule has 1 fully saturated rings. The molecule has 6 heteroatoms. The Morgan fingerprint density at radius 1 is 0.967 bits per heavy atom. The van der Waals surface area contributed by atoms with Gasteiger partial charge in [0, 0.05) is 30.0 Å². The zero-order valence-electron chi connectivity index (χ0n) is 17.0. The highest BCUT2D eigenvalue weighted by atomic mass is 16.5. The van der Waals surface area contributed by atoms with Crippen molar-refractivity contribution in [2.75, 3.05) is 31.2 Å². The molecule has 2 heterocycles. The van der Waals surface area contributed by atoms with Crippen LogP contribution in [0.1, 0.15) is 33.7 Å². The standard InChI is InChI=1S/C24H26N4O2/c29-24(18-9-11-19(12-10-18)27-13-15-30-16-14-27)25-17-22-21-7-4-8-23(21)28(26-22)20-5-2-1-3-6-20/h1-3,5-6,9-12H,4,7-8,13-17H2,(H,25,29). The topological polar surface area (TPSA) is 59.4 Å². The molecule has 5 rings (SSSR count). The first-order chi connectivity index (χ1) is 14.8. The van der Waals surface area contributed by atoms with Crippen LogP contribution in [0.3, 0.4) is 0 Å². The van der Waals surface area contributed by atoms with Gasteiger partial charge in [0.1, 0.15) is 0 Å². The molecule has 1 N–H and O–H groups in total. The van der Waals surface area contributed by atoms with Gasteiger partial charge in [-0.25, -0.2) is 4.68 Å². The molecule has 1 aliphatic carbocycles. The van der Waals surface area contributed by atoms with Crippen LogP contribution in [0.25, 0.3) is 5.69 Å². The van der Waals surface area contributed by atoms with E-state index >= 15 is 0 Å². The van der Waals surface area contributed by atoms with Crippen LogP contribution in [-0.2, 0) is 24.1 Å². The van der Waals surface area contributed by atoms with E-state index in [0.717, 1.165) is 62.6 Å². The molecule has 1 aliphatic heterocycles. The summed E-state index contributed by atoms with van der Waals surface area (Å²) in [6.45, 7) is 3.73. The van der Waals surface area contributed by atoms with Gasteiger partial charge in [-0.2, -0.15) is 5.10 Å². The van der Waals surface area contributed by atoms with E-state index in [4.69, 9.17) is 9.84 Å². The molecule has 6 nitrogen and oxygen atoms in total. The quantitative estimate of drug-likeness (QED) is 0.712. The van der Waals surface area contributed by atoms with E-state index in [9.17, 15) is 4.79 Å². The molecule has 0 bridgehead atoms. The Balaban J connectivity index is 1.28. The first-order valence-corrected chi connectivity index (χ1v) is 10.7. The first kappa shape index (κ1) is 18.9. The molecule has 1 aromatic heterocycles. The molecule has 3 aromatic rings. The summed E-state index contributed by atoms with van der Waals surface area (Å²) in [5.41, 5.74) is 6.43. The number of amides is 1. The van der Waals surface area contributed by atoms with Crippen molar-refractivity contribution in [3.05, 3.63) is 77.1 Å². The molecule has 2 aliphatic rings. The Kier molecular flexibility index (Phi) is 5.24. The van der Waals surface area contributed by atoms with Crippen molar-refractivity contribution in [1.82, 2.24) is 15.1 Å². The second-order valence-electron chi connectivity index (χ2n) is 7.80. The number of rotatable bonds is 5. The number of benzene rings is 2. The number of anilines is 1. The third kappa shape index (κ3) is 3.71. The Hall–Kier alpha value is -3.12. The van der Waals surface area contributed by atoms with Gasteiger partial charge in [-0.1, -0.05) is 18.2 Å². The summed E-state index contributed by atoms with van der Waals surface area (Å²) in [5.74, 6) is -0.0652. The van der Waals surface area contributed by atoms with Crippen molar-refractivity contribution in [1.29, 1.82) is 0 Å². The van der Waals surface area contributed by atoms with Gasteiger partial charge in [0.05, 0.1) is 31.1 Å². The average Bonchev–Trinajstić information content (AvgIpc) is 3.42. The number of para-hydroxylation sites is 1. The molecule has 0 saturated carbocycles. The fourth-order valence-corrected chi connectivity index (χ4v) is 4.35. The Morgan fingerprint density at radius 3 is 2.50 bits per heavy atom. The number of hydrogen-bond donors (Lipinski definition) is 1. The van der Waals surface area contributed by atoms with E-state index in [2.05, 4.69) is 22.3 Å². The van der Waals surface area contributed by atoms with Crippen LogP contribution in [0.4, 0.5) is 5.69 Å². The van der Waals surface area contributed by atoms with Crippen LogP contribution < -0.4 is 10.2 Å². The number of fused-ring (bicyclic) bond motifs is 1. The van der Waals surface area contributed by atoms with Crippen molar-refractivity contribution in [2.24, 2.45) is 0 Å². The van der Waals surface area contributed by atoms with Gasteiger partial charge in [-0.05, 0) is 61.2 Å². The smallest absolute Gasteiger partial charge is 0.251 e. The predicted molar refractivity (Wildman–Crippen MR) is 116 cm³/mol.